The smallest absolute Gasteiger partial charge is 0.338 e. The molecule has 0 amide bonds. The van der Waals surface area contributed by atoms with Crippen LogP contribution >= 0.6 is 0 Å². The number of carbonyl (C=O) groups is 1. The largest absolute Gasteiger partial charge is 0.491 e. The molecule has 0 radical (unpaired) electrons. The van der Waals surface area contributed by atoms with Gasteiger partial charge < -0.3 is 24.5 Å². The fourth-order valence-corrected chi connectivity index (χ4v) is 4.30. The summed E-state index contributed by atoms with van der Waals surface area (Å²) < 4.78 is 10.7. The Hall–Kier alpha value is -2.83. The van der Waals surface area contributed by atoms with Crippen LogP contribution in [0, 0.1) is 0 Å². The Morgan fingerprint density at radius 3 is 2.65 bits per heavy atom. The topological polar surface area (TPSA) is 74.8 Å². The molecule has 0 spiro atoms. The molecule has 1 unspecified atom stereocenters. The standard InChI is InChI=1S/C25H30N2O4/c1-2-30-25(29)19-7-9-21(10-8-19)31-17-20(28)16-27-13-11-18(12-14-27)23-15-26-24-6-4-3-5-22(23)24/h3-10,15,18,20,26,28H,2,11-14,16-17H2,1H3. The number of β-amino-alcohol motifs (C(OH)–C–C–N with tert-alkyl or cyclic N) is 1. The quantitative estimate of drug-likeness (QED) is 0.538. The molecule has 1 aliphatic heterocycles. The molecule has 0 bridgehead atoms. The van der Waals surface area contributed by atoms with E-state index in [1.54, 1.807) is 31.2 Å². The lowest BCUT2D eigenvalue weighted by atomic mass is 9.89. The Balaban J connectivity index is 1.22. The SMILES string of the molecule is CCOC(=O)c1ccc(OCC(O)CN2CCC(c3c[nH]c4ccccc34)CC2)cc1. The van der Waals surface area contributed by atoms with Gasteiger partial charge in [0.1, 0.15) is 18.5 Å². The highest BCUT2D eigenvalue weighted by Gasteiger charge is 2.24. The summed E-state index contributed by atoms with van der Waals surface area (Å²) in [5, 5.41) is 11.7. The molecule has 1 aromatic heterocycles. The third-order valence-electron chi connectivity index (χ3n) is 5.93. The molecule has 31 heavy (non-hydrogen) atoms. The number of rotatable bonds is 8. The molecule has 3 aromatic rings. The zero-order valence-corrected chi connectivity index (χ0v) is 17.9. The highest BCUT2D eigenvalue weighted by molar-refractivity contribution is 5.89. The average Bonchev–Trinajstić information content (AvgIpc) is 3.23. The molecule has 164 valence electrons. The van der Waals surface area contributed by atoms with Gasteiger partial charge in [-0.1, -0.05) is 18.2 Å². The van der Waals surface area contributed by atoms with Gasteiger partial charge in [0.25, 0.3) is 0 Å². The lowest BCUT2D eigenvalue weighted by molar-refractivity contribution is 0.0525. The molecular weight excluding hydrogens is 392 g/mol. The van der Waals surface area contributed by atoms with Gasteiger partial charge in [-0.15, -0.1) is 0 Å². The number of fused-ring (bicyclic) bond motifs is 1. The van der Waals surface area contributed by atoms with Crippen LogP contribution in [0.25, 0.3) is 10.9 Å². The number of aromatic amines is 1. The number of likely N-dealkylation sites (tertiary alicyclic amines) is 1. The zero-order chi connectivity index (χ0) is 21.6. The number of piperidine rings is 1. The molecule has 2 heterocycles. The van der Waals surface area contributed by atoms with E-state index in [4.69, 9.17) is 9.47 Å². The maximum Gasteiger partial charge on any atom is 0.338 e. The average molecular weight is 423 g/mol. The predicted molar refractivity (Wildman–Crippen MR) is 121 cm³/mol. The van der Waals surface area contributed by atoms with Crippen molar-refractivity contribution in [2.45, 2.75) is 31.8 Å². The van der Waals surface area contributed by atoms with E-state index in [1.807, 2.05) is 0 Å². The fourth-order valence-electron chi connectivity index (χ4n) is 4.30. The molecule has 1 atom stereocenters. The van der Waals surface area contributed by atoms with Crippen molar-refractivity contribution >= 4 is 16.9 Å². The Bertz CT molecular complexity index is 990. The van der Waals surface area contributed by atoms with E-state index in [1.165, 1.54) is 16.5 Å². The predicted octanol–water partition coefficient (Wildman–Crippen LogP) is 3.96. The molecule has 1 fully saturated rings. The number of carbonyl (C=O) groups excluding carboxylic acids is 1. The van der Waals surface area contributed by atoms with E-state index in [2.05, 4.69) is 40.3 Å². The Kier molecular flexibility index (Phi) is 6.89. The van der Waals surface area contributed by atoms with Gasteiger partial charge in [0, 0.05) is 23.6 Å². The van der Waals surface area contributed by atoms with Gasteiger partial charge in [-0.3, -0.25) is 0 Å². The molecular formula is C25H30N2O4. The van der Waals surface area contributed by atoms with Crippen LogP contribution in [0.15, 0.2) is 54.7 Å². The normalized spacial score (nSPS) is 16.3. The first-order chi connectivity index (χ1) is 15.1. The van der Waals surface area contributed by atoms with Crippen molar-refractivity contribution in [1.29, 1.82) is 0 Å². The highest BCUT2D eigenvalue weighted by atomic mass is 16.5. The van der Waals surface area contributed by atoms with Crippen molar-refractivity contribution in [1.82, 2.24) is 9.88 Å². The van der Waals surface area contributed by atoms with Crippen molar-refractivity contribution < 1.29 is 19.4 Å². The van der Waals surface area contributed by atoms with E-state index < -0.39 is 6.10 Å². The van der Waals surface area contributed by atoms with Gasteiger partial charge in [0.15, 0.2) is 0 Å². The summed E-state index contributed by atoms with van der Waals surface area (Å²) in [7, 11) is 0. The summed E-state index contributed by atoms with van der Waals surface area (Å²) in [6, 6.07) is 15.3. The Morgan fingerprint density at radius 1 is 1.16 bits per heavy atom. The first-order valence-electron chi connectivity index (χ1n) is 11.0. The molecule has 6 heteroatoms. The molecule has 1 saturated heterocycles. The van der Waals surface area contributed by atoms with Crippen LogP contribution in [0.5, 0.6) is 5.75 Å². The van der Waals surface area contributed by atoms with Crippen LogP contribution in [0.1, 0.15) is 41.6 Å². The summed E-state index contributed by atoms with van der Waals surface area (Å²) in [5.41, 5.74) is 3.10. The molecule has 1 aliphatic rings. The number of esters is 1. The van der Waals surface area contributed by atoms with Crippen molar-refractivity contribution in [3.63, 3.8) is 0 Å². The van der Waals surface area contributed by atoms with Crippen LogP contribution in [0.2, 0.25) is 0 Å². The third kappa shape index (κ3) is 5.27. The second-order valence-electron chi connectivity index (χ2n) is 8.07. The van der Waals surface area contributed by atoms with Crippen molar-refractivity contribution in [3.8, 4) is 5.75 Å². The summed E-state index contributed by atoms with van der Waals surface area (Å²) in [5.74, 6) is 0.842. The number of nitrogens with zero attached hydrogens (tertiary/aromatic N) is 1. The number of aliphatic hydroxyl groups excluding tert-OH is 1. The maximum absolute atomic E-state index is 11.7. The minimum absolute atomic E-state index is 0.223. The van der Waals surface area contributed by atoms with Crippen molar-refractivity contribution in [2.75, 3.05) is 32.8 Å². The van der Waals surface area contributed by atoms with Crippen molar-refractivity contribution in [2.24, 2.45) is 0 Å². The number of benzene rings is 2. The van der Waals surface area contributed by atoms with Gasteiger partial charge in [0.2, 0.25) is 0 Å². The summed E-state index contributed by atoms with van der Waals surface area (Å²) in [6.07, 6.45) is 3.77. The number of para-hydroxylation sites is 1. The van der Waals surface area contributed by atoms with Gasteiger partial charge >= 0.3 is 5.97 Å². The van der Waals surface area contributed by atoms with E-state index in [-0.39, 0.29) is 12.6 Å². The zero-order valence-electron chi connectivity index (χ0n) is 17.9. The molecule has 0 saturated carbocycles. The minimum Gasteiger partial charge on any atom is -0.491 e. The summed E-state index contributed by atoms with van der Waals surface area (Å²) in [4.78, 5) is 17.4. The maximum atomic E-state index is 11.7. The van der Waals surface area contributed by atoms with E-state index >= 15 is 0 Å². The van der Waals surface area contributed by atoms with Crippen LogP contribution in [-0.2, 0) is 4.74 Å². The number of H-pyrrole nitrogens is 1. The van der Waals surface area contributed by atoms with Crippen LogP contribution in [0.4, 0.5) is 0 Å². The number of ether oxygens (including phenoxy) is 2. The van der Waals surface area contributed by atoms with Gasteiger partial charge in [-0.2, -0.15) is 0 Å². The molecule has 2 N–H and O–H groups in total. The van der Waals surface area contributed by atoms with Gasteiger partial charge in [-0.05, 0) is 74.7 Å². The molecule has 6 nitrogen and oxygen atoms in total. The third-order valence-corrected chi connectivity index (χ3v) is 5.93. The second kappa shape index (κ2) is 9.98. The Labute approximate surface area is 182 Å². The molecule has 0 aliphatic carbocycles. The monoisotopic (exact) mass is 422 g/mol. The lowest BCUT2D eigenvalue weighted by Gasteiger charge is -2.33. The number of hydrogen-bond donors (Lipinski definition) is 2. The van der Waals surface area contributed by atoms with E-state index in [0.29, 0.717) is 30.4 Å². The highest BCUT2D eigenvalue weighted by Crippen LogP contribution is 2.33. The number of aliphatic hydroxyl groups is 1. The molecule has 2 aromatic carbocycles. The second-order valence-corrected chi connectivity index (χ2v) is 8.07. The lowest BCUT2D eigenvalue weighted by Crippen LogP contribution is -2.40. The van der Waals surface area contributed by atoms with Crippen molar-refractivity contribution in [3.05, 3.63) is 65.9 Å². The van der Waals surface area contributed by atoms with Gasteiger partial charge in [0.05, 0.1) is 12.2 Å². The first kappa shape index (κ1) is 21.4. The summed E-state index contributed by atoms with van der Waals surface area (Å²) >= 11 is 0. The van der Waals surface area contributed by atoms with E-state index in [0.717, 1.165) is 25.9 Å². The van der Waals surface area contributed by atoms with Crippen LogP contribution in [-0.4, -0.2) is 59.9 Å². The number of aromatic nitrogens is 1. The van der Waals surface area contributed by atoms with E-state index in [9.17, 15) is 9.90 Å². The summed E-state index contributed by atoms with van der Waals surface area (Å²) in [6.45, 7) is 4.89. The first-order valence-corrected chi connectivity index (χ1v) is 11.0. The van der Waals surface area contributed by atoms with Gasteiger partial charge in [-0.25, -0.2) is 4.79 Å². The van der Waals surface area contributed by atoms with Crippen LogP contribution in [0.3, 0.4) is 0 Å². The minimum atomic E-state index is -0.561. The molecule has 4 rings (SSSR count). The fraction of sp³-hybridized carbons (Fsp3) is 0.400. The number of hydrogen-bond acceptors (Lipinski definition) is 5. The Morgan fingerprint density at radius 2 is 1.90 bits per heavy atom. The number of nitrogens with one attached hydrogen (secondary N) is 1. The van der Waals surface area contributed by atoms with Crippen LogP contribution < -0.4 is 4.74 Å².